The van der Waals surface area contributed by atoms with Gasteiger partial charge in [0.2, 0.25) is 5.88 Å². The molecule has 0 aromatic carbocycles. The van der Waals surface area contributed by atoms with Gasteiger partial charge in [-0.3, -0.25) is 4.98 Å². The van der Waals surface area contributed by atoms with Crippen molar-refractivity contribution in [2.75, 3.05) is 5.73 Å². The molecule has 0 amide bonds. The number of nitrogen functional groups attached to an aromatic ring is 1. The molecule has 0 fully saturated rings. The van der Waals surface area contributed by atoms with Crippen molar-refractivity contribution < 1.29 is 4.74 Å². The molecule has 0 aliphatic carbocycles. The number of aryl methyl sites for hydroxylation is 3. The highest BCUT2D eigenvalue weighted by atomic mass is 16.5. The first kappa shape index (κ1) is 14.4. The van der Waals surface area contributed by atoms with Crippen LogP contribution in [0, 0.1) is 13.8 Å². The van der Waals surface area contributed by atoms with E-state index in [-0.39, 0.29) is 6.04 Å². The Morgan fingerprint density at radius 3 is 2.60 bits per heavy atom. The molecule has 0 atom stereocenters. The summed E-state index contributed by atoms with van der Waals surface area (Å²) in [5.74, 6) is 1.34. The smallest absolute Gasteiger partial charge is 0.241 e. The molecule has 0 aliphatic rings. The summed E-state index contributed by atoms with van der Waals surface area (Å²) < 4.78 is 7.82. The van der Waals surface area contributed by atoms with Gasteiger partial charge < -0.3 is 10.5 Å². The number of ether oxygens (including phenoxy) is 1. The molecule has 20 heavy (non-hydrogen) atoms. The van der Waals surface area contributed by atoms with Gasteiger partial charge in [-0.1, -0.05) is 6.92 Å². The zero-order valence-electron chi connectivity index (χ0n) is 12.8. The van der Waals surface area contributed by atoms with Crippen molar-refractivity contribution in [3.05, 3.63) is 29.2 Å². The quantitative estimate of drug-likeness (QED) is 0.927. The molecule has 0 bridgehead atoms. The van der Waals surface area contributed by atoms with E-state index >= 15 is 0 Å². The Labute approximate surface area is 119 Å². The molecule has 5 nitrogen and oxygen atoms in total. The minimum atomic E-state index is 0.185. The third-order valence-corrected chi connectivity index (χ3v) is 3.19. The van der Waals surface area contributed by atoms with E-state index in [1.807, 2.05) is 44.5 Å². The number of pyridine rings is 1. The van der Waals surface area contributed by atoms with Crippen molar-refractivity contribution in [3.8, 4) is 11.6 Å². The number of nitrogens with two attached hydrogens (primary N) is 1. The van der Waals surface area contributed by atoms with Gasteiger partial charge >= 0.3 is 0 Å². The fourth-order valence-electron chi connectivity index (χ4n) is 2.04. The molecule has 2 N–H and O–H groups in total. The first-order chi connectivity index (χ1) is 9.43. The highest BCUT2D eigenvalue weighted by molar-refractivity contribution is 5.54. The van der Waals surface area contributed by atoms with Gasteiger partial charge in [-0.2, -0.15) is 5.10 Å². The van der Waals surface area contributed by atoms with Crippen LogP contribution in [0.5, 0.6) is 11.6 Å². The fourth-order valence-corrected chi connectivity index (χ4v) is 2.04. The molecule has 0 unspecified atom stereocenters. The maximum Gasteiger partial charge on any atom is 0.241 e. The van der Waals surface area contributed by atoms with E-state index in [1.54, 1.807) is 0 Å². The van der Waals surface area contributed by atoms with Crippen LogP contribution in [-0.4, -0.2) is 14.8 Å². The lowest BCUT2D eigenvalue weighted by atomic mass is 10.2. The Kier molecular flexibility index (Phi) is 3.97. The van der Waals surface area contributed by atoms with Gasteiger partial charge in [-0.25, -0.2) is 4.68 Å². The van der Waals surface area contributed by atoms with E-state index in [4.69, 9.17) is 10.5 Å². The number of nitrogens with zero attached hydrogens (tertiary/aromatic N) is 3. The Hall–Kier alpha value is -2.04. The summed E-state index contributed by atoms with van der Waals surface area (Å²) >= 11 is 0. The van der Waals surface area contributed by atoms with E-state index in [0.29, 0.717) is 11.6 Å². The third kappa shape index (κ3) is 2.61. The molecule has 0 aliphatic heterocycles. The largest absolute Gasteiger partial charge is 0.435 e. The second kappa shape index (κ2) is 5.53. The van der Waals surface area contributed by atoms with Gasteiger partial charge in [0.05, 0.1) is 17.4 Å². The molecule has 5 heteroatoms. The van der Waals surface area contributed by atoms with Crippen LogP contribution in [0.15, 0.2) is 12.1 Å². The van der Waals surface area contributed by atoms with Gasteiger partial charge in [-0.05, 0) is 46.2 Å². The first-order valence-corrected chi connectivity index (χ1v) is 6.93. The van der Waals surface area contributed by atoms with Crippen molar-refractivity contribution in [2.24, 2.45) is 0 Å². The van der Waals surface area contributed by atoms with E-state index < -0.39 is 0 Å². The van der Waals surface area contributed by atoms with Gasteiger partial charge in [-0.15, -0.1) is 0 Å². The summed E-state index contributed by atoms with van der Waals surface area (Å²) in [6.45, 7) is 10.0. The van der Waals surface area contributed by atoms with Crippen LogP contribution in [-0.2, 0) is 6.42 Å². The molecule has 0 spiro atoms. The van der Waals surface area contributed by atoms with Crippen LogP contribution in [0.2, 0.25) is 0 Å². The fraction of sp³-hybridized carbons (Fsp3) is 0.467. The molecular weight excluding hydrogens is 252 g/mol. The van der Waals surface area contributed by atoms with Gasteiger partial charge in [0.15, 0.2) is 5.75 Å². The highest BCUT2D eigenvalue weighted by Gasteiger charge is 2.18. The molecular formula is C15H22N4O. The van der Waals surface area contributed by atoms with Crippen LogP contribution < -0.4 is 10.5 Å². The van der Waals surface area contributed by atoms with Crippen molar-refractivity contribution in [3.63, 3.8) is 0 Å². The molecule has 2 aromatic heterocycles. The number of hydrogen-bond donors (Lipinski definition) is 1. The number of anilines is 1. The predicted octanol–water partition coefficient (Wildman–Crippen LogP) is 3.41. The van der Waals surface area contributed by atoms with Gasteiger partial charge in [0, 0.05) is 5.69 Å². The third-order valence-electron chi connectivity index (χ3n) is 3.19. The Morgan fingerprint density at radius 1 is 1.30 bits per heavy atom. The number of rotatable bonds is 4. The summed E-state index contributed by atoms with van der Waals surface area (Å²) in [6.07, 6.45) is 0.811. The van der Waals surface area contributed by atoms with Crippen molar-refractivity contribution in [2.45, 2.75) is 47.1 Å². The van der Waals surface area contributed by atoms with Crippen LogP contribution in [0.3, 0.4) is 0 Å². The SMILES string of the molecule is CCc1nc(C)ccc1Oc1c(N)c(C)nn1C(C)C. The molecule has 0 saturated heterocycles. The van der Waals surface area contributed by atoms with Crippen LogP contribution in [0.1, 0.15) is 43.9 Å². The summed E-state index contributed by atoms with van der Waals surface area (Å²) in [5.41, 5.74) is 9.36. The standard InChI is InChI=1S/C15H22N4O/c1-6-12-13(8-7-10(4)17-12)20-15-14(16)11(5)18-19(15)9(2)3/h7-9H,6,16H2,1-5H3. The van der Waals surface area contributed by atoms with Crippen molar-refractivity contribution in [1.29, 1.82) is 0 Å². The minimum Gasteiger partial charge on any atom is -0.435 e. The maximum absolute atomic E-state index is 6.08. The summed E-state index contributed by atoms with van der Waals surface area (Å²) in [5, 5.41) is 4.43. The molecule has 2 aromatic rings. The molecule has 0 saturated carbocycles. The minimum absolute atomic E-state index is 0.185. The molecule has 0 radical (unpaired) electrons. The normalized spacial score (nSPS) is 11.1. The second-order valence-electron chi connectivity index (χ2n) is 5.20. The zero-order chi connectivity index (χ0) is 14.9. The Morgan fingerprint density at radius 2 is 2.00 bits per heavy atom. The number of aromatic nitrogens is 3. The number of hydrogen-bond acceptors (Lipinski definition) is 4. The highest BCUT2D eigenvalue weighted by Crippen LogP contribution is 2.33. The van der Waals surface area contributed by atoms with Crippen molar-refractivity contribution >= 4 is 5.69 Å². The van der Waals surface area contributed by atoms with Crippen molar-refractivity contribution in [1.82, 2.24) is 14.8 Å². The Balaban J connectivity index is 2.44. The topological polar surface area (TPSA) is 66.0 Å². The average molecular weight is 274 g/mol. The van der Waals surface area contributed by atoms with Gasteiger partial charge in [0.1, 0.15) is 5.69 Å². The molecule has 2 heterocycles. The van der Waals surface area contributed by atoms with E-state index in [0.717, 1.165) is 29.3 Å². The molecule has 108 valence electrons. The van der Waals surface area contributed by atoms with Crippen LogP contribution in [0.4, 0.5) is 5.69 Å². The second-order valence-corrected chi connectivity index (χ2v) is 5.20. The molecule has 2 rings (SSSR count). The summed E-state index contributed by atoms with van der Waals surface area (Å²) in [4.78, 5) is 4.50. The van der Waals surface area contributed by atoms with Crippen LogP contribution >= 0.6 is 0 Å². The lowest BCUT2D eigenvalue weighted by Gasteiger charge is -2.14. The lowest BCUT2D eigenvalue weighted by molar-refractivity contribution is 0.385. The maximum atomic E-state index is 6.08. The lowest BCUT2D eigenvalue weighted by Crippen LogP contribution is -2.06. The van der Waals surface area contributed by atoms with Gasteiger partial charge in [0.25, 0.3) is 0 Å². The monoisotopic (exact) mass is 274 g/mol. The first-order valence-electron chi connectivity index (χ1n) is 6.93. The average Bonchev–Trinajstić information content (AvgIpc) is 2.69. The van der Waals surface area contributed by atoms with E-state index in [1.165, 1.54) is 0 Å². The predicted molar refractivity (Wildman–Crippen MR) is 80.2 cm³/mol. The van der Waals surface area contributed by atoms with E-state index in [2.05, 4.69) is 17.0 Å². The summed E-state index contributed by atoms with van der Waals surface area (Å²) in [7, 11) is 0. The zero-order valence-corrected chi connectivity index (χ0v) is 12.8. The van der Waals surface area contributed by atoms with Crippen LogP contribution in [0.25, 0.3) is 0 Å². The summed E-state index contributed by atoms with van der Waals surface area (Å²) in [6, 6.07) is 4.06. The Bertz CT molecular complexity index is 617. The van der Waals surface area contributed by atoms with E-state index in [9.17, 15) is 0 Å².